The highest BCUT2D eigenvalue weighted by Crippen LogP contribution is 2.45. The molecule has 1 aromatic rings. The highest BCUT2D eigenvalue weighted by Gasteiger charge is 2.72. The van der Waals surface area contributed by atoms with Crippen LogP contribution >= 0.6 is 15.9 Å². The van der Waals surface area contributed by atoms with Crippen molar-refractivity contribution in [2.45, 2.75) is 24.3 Å². The predicted octanol–water partition coefficient (Wildman–Crippen LogP) is 4.70. The molecule has 0 heterocycles. The fourth-order valence-electron chi connectivity index (χ4n) is 1.33. The lowest BCUT2D eigenvalue weighted by molar-refractivity contribution is -0.479. The summed E-state index contributed by atoms with van der Waals surface area (Å²) in [5.74, 6) is -9.19. The number of amides is 1. The Morgan fingerprint density at radius 3 is 1.96 bits per heavy atom. The molecule has 0 fully saturated rings. The first-order chi connectivity index (χ1) is 11.9. The van der Waals surface area contributed by atoms with E-state index in [9.17, 15) is 54.4 Å². The Morgan fingerprint density at radius 2 is 1.56 bits per heavy atom. The number of nitro groups is 1. The largest absolute Gasteiger partial charge is 0.483 e. The molecular weight excluding hydrogens is 475 g/mol. The number of benzene rings is 1. The molecule has 0 saturated carbocycles. The van der Waals surface area contributed by atoms with Crippen molar-refractivity contribution in [2.24, 2.45) is 0 Å². The number of hydrogen-bond acceptors (Lipinski definition) is 4. The number of nitrogens with one attached hydrogen (secondary N) is 1. The number of nitrogens with zero attached hydrogens (tertiary/aromatic N) is 1. The SMILES string of the molecule is O=C(Nc1ccc([N+](=O)[O-])cc1Br)C(F)(F)C(F)(F)OC(F)(F)C(F)(F)F. The van der Waals surface area contributed by atoms with Crippen LogP contribution in [0, 0.1) is 10.1 Å². The van der Waals surface area contributed by atoms with E-state index in [-0.39, 0.29) is 0 Å². The van der Waals surface area contributed by atoms with Gasteiger partial charge in [-0.25, -0.2) is 4.74 Å². The van der Waals surface area contributed by atoms with Crippen molar-refractivity contribution >= 4 is 33.2 Å². The number of carbonyl (C=O) groups is 1. The number of hydrogen-bond donors (Lipinski definition) is 1. The minimum absolute atomic E-state index is 0.453. The number of nitro benzene ring substituents is 1. The van der Waals surface area contributed by atoms with Gasteiger partial charge in [0.25, 0.3) is 5.69 Å². The summed E-state index contributed by atoms with van der Waals surface area (Å²) in [6, 6.07) is 1.94. The molecular formula is C11H4BrF9N2O4. The van der Waals surface area contributed by atoms with Crippen molar-refractivity contribution < 1.29 is 54.0 Å². The van der Waals surface area contributed by atoms with Gasteiger partial charge in [0.15, 0.2) is 0 Å². The molecule has 1 rings (SSSR count). The third kappa shape index (κ3) is 4.79. The fourth-order valence-corrected chi connectivity index (χ4v) is 1.80. The standard InChI is InChI=1S/C11H4BrF9N2O4/c12-5-3-4(23(25)26)1-2-6(5)22-7(24)8(13,14)10(18,19)27-11(20,21)9(15,16)17/h1-3H,(H,22,24). The topological polar surface area (TPSA) is 81.5 Å². The van der Waals surface area contributed by atoms with Gasteiger partial charge in [0.05, 0.1) is 10.6 Å². The lowest BCUT2D eigenvalue weighted by atomic mass is 10.2. The summed E-state index contributed by atoms with van der Waals surface area (Å²) in [5, 5.41) is 11.6. The van der Waals surface area contributed by atoms with E-state index in [2.05, 4.69) is 15.9 Å². The smallest absolute Gasteiger partial charge is 0.319 e. The second kappa shape index (κ2) is 7.14. The van der Waals surface area contributed by atoms with Gasteiger partial charge in [0.1, 0.15) is 0 Å². The molecule has 0 unspecified atom stereocenters. The Hall–Kier alpha value is -2.10. The molecule has 0 atom stereocenters. The Kier molecular flexibility index (Phi) is 6.07. The van der Waals surface area contributed by atoms with Crippen LogP contribution in [-0.2, 0) is 9.53 Å². The van der Waals surface area contributed by atoms with Crippen molar-refractivity contribution in [3.05, 3.63) is 32.8 Å². The van der Waals surface area contributed by atoms with Crippen LogP contribution in [0.15, 0.2) is 22.7 Å². The highest BCUT2D eigenvalue weighted by atomic mass is 79.9. The molecule has 0 radical (unpaired) electrons. The van der Waals surface area contributed by atoms with Crippen LogP contribution in [0.25, 0.3) is 0 Å². The van der Waals surface area contributed by atoms with Crippen LogP contribution in [-0.4, -0.2) is 35.1 Å². The van der Waals surface area contributed by atoms with E-state index in [1.54, 1.807) is 0 Å². The average Bonchev–Trinajstić information content (AvgIpc) is 2.46. The average molecular weight is 479 g/mol. The van der Waals surface area contributed by atoms with Crippen molar-refractivity contribution in [3.8, 4) is 0 Å². The lowest BCUT2D eigenvalue weighted by Gasteiger charge is -2.29. The van der Waals surface area contributed by atoms with E-state index in [1.165, 1.54) is 0 Å². The molecule has 6 nitrogen and oxygen atoms in total. The lowest BCUT2D eigenvalue weighted by Crippen LogP contribution is -2.56. The van der Waals surface area contributed by atoms with Crippen molar-refractivity contribution in [2.75, 3.05) is 5.32 Å². The molecule has 1 aromatic carbocycles. The van der Waals surface area contributed by atoms with E-state index in [1.807, 2.05) is 4.74 Å². The Bertz CT molecular complexity index is 754. The van der Waals surface area contributed by atoms with Gasteiger partial charge < -0.3 is 5.32 Å². The van der Waals surface area contributed by atoms with Crippen molar-refractivity contribution in [3.63, 3.8) is 0 Å². The molecule has 0 aliphatic rings. The zero-order valence-corrected chi connectivity index (χ0v) is 13.7. The number of anilines is 1. The Labute approximate surface area is 150 Å². The van der Waals surface area contributed by atoms with E-state index < -0.39 is 51.0 Å². The molecule has 0 spiro atoms. The summed E-state index contributed by atoms with van der Waals surface area (Å²) in [6.07, 6.45) is -20.0. The number of carbonyl (C=O) groups excluding carboxylic acids is 1. The van der Waals surface area contributed by atoms with Gasteiger partial charge in [-0.1, -0.05) is 0 Å². The first-order valence-corrected chi connectivity index (χ1v) is 6.87. The first-order valence-electron chi connectivity index (χ1n) is 6.08. The molecule has 0 aromatic heterocycles. The first kappa shape index (κ1) is 22.9. The second-order valence-corrected chi connectivity index (χ2v) is 5.44. The molecule has 0 aliphatic carbocycles. The summed E-state index contributed by atoms with van der Waals surface area (Å²) >= 11 is 2.58. The van der Waals surface area contributed by atoms with Crippen LogP contribution in [0.5, 0.6) is 0 Å². The van der Waals surface area contributed by atoms with Gasteiger partial charge >= 0.3 is 30.2 Å². The monoisotopic (exact) mass is 478 g/mol. The third-order valence-electron chi connectivity index (χ3n) is 2.65. The Balaban J connectivity index is 3.09. The van der Waals surface area contributed by atoms with Crippen molar-refractivity contribution in [1.29, 1.82) is 0 Å². The van der Waals surface area contributed by atoms with Crippen LogP contribution in [0.4, 0.5) is 50.9 Å². The summed E-state index contributed by atoms with van der Waals surface area (Å²) in [6.45, 7) is 0. The van der Waals surface area contributed by atoms with Gasteiger partial charge in [0.2, 0.25) is 0 Å². The third-order valence-corrected chi connectivity index (χ3v) is 3.30. The maximum absolute atomic E-state index is 13.4. The summed E-state index contributed by atoms with van der Waals surface area (Å²) in [5.41, 5.74) is -1.35. The predicted molar refractivity (Wildman–Crippen MR) is 71.4 cm³/mol. The number of rotatable bonds is 6. The minimum Gasteiger partial charge on any atom is -0.319 e. The molecule has 16 heteroatoms. The quantitative estimate of drug-likeness (QED) is 0.365. The number of halogens is 10. The molecule has 1 amide bonds. The highest BCUT2D eigenvalue weighted by molar-refractivity contribution is 9.10. The van der Waals surface area contributed by atoms with E-state index in [4.69, 9.17) is 0 Å². The zero-order valence-electron chi connectivity index (χ0n) is 12.1. The van der Waals surface area contributed by atoms with E-state index in [0.717, 1.165) is 5.32 Å². The van der Waals surface area contributed by atoms with E-state index >= 15 is 0 Å². The Morgan fingerprint density at radius 1 is 1.04 bits per heavy atom. The molecule has 152 valence electrons. The summed E-state index contributed by atoms with van der Waals surface area (Å²) in [7, 11) is 0. The number of alkyl halides is 9. The molecule has 27 heavy (non-hydrogen) atoms. The summed E-state index contributed by atoms with van der Waals surface area (Å²) in [4.78, 5) is 20.8. The van der Waals surface area contributed by atoms with Crippen molar-refractivity contribution in [1.82, 2.24) is 0 Å². The second-order valence-electron chi connectivity index (χ2n) is 4.58. The maximum atomic E-state index is 13.4. The minimum atomic E-state index is -6.76. The van der Waals surface area contributed by atoms with Gasteiger partial charge in [-0.3, -0.25) is 14.9 Å². The maximum Gasteiger partial charge on any atom is 0.483 e. The molecule has 0 saturated heterocycles. The number of ether oxygens (including phenoxy) is 1. The van der Waals surface area contributed by atoms with Crippen LogP contribution in [0.3, 0.4) is 0 Å². The van der Waals surface area contributed by atoms with Gasteiger partial charge in [-0.2, -0.15) is 39.5 Å². The van der Waals surface area contributed by atoms with Gasteiger partial charge in [-0.05, 0) is 22.0 Å². The molecule has 0 aliphatic heterocycles. The fraction of sp³-hybridized carbons (Fsp3) is 0.364. The molecule has 1 N–H and O–H groups in total. The summed E-state index contributed by atoms with van der Waals surface area (Å²) < 4.78 is 115. The molecule has 0 bridgehead atoms. The number of non-ortho nitro benzene ring substituents is 1. The van der Waals surface area contributed by atoms with E-state index in [0.29, 0.717) is 18.2 Å². The normalized spacial score (nSPS) is 13.4. The van der Waals surface area contributed by atoms with Gasteiger partial charge in [0, 0.05) is 16.6 Å². The zero-order chi connectivity index (χ0) is 21.4. The van der Waals surface area contributed by atoms with Crippen LogP contribution < -0.4 is 5.32 Å². The van der Waals surface area contributed by atoms with Crippen LogP contribution in [0.1, 0.15) is 0 Å². The van der Waals surface area contributed by atoms with Crippen LogP contribution in [0.2, 0.25) is 0 Å². The van der Waals surface area contributed by atoms with Gasteiger partial charge in [-0.15, -0.1) is 0 Å².